The lowest BCUT2D eigenvalue weighted by atomic mass is 10.1. The van der Waals surface area contributed by atoms with Crippen LogP contribution in [0.3, 0.4) is 0 Å². The summed E-state index contributed by atoms with van der Waals surface area (Å²) >= 11 is 0. The van der Waals surface area contributed by atoms with Crippen LogP contribution in [0.25, 0.3) is 0 Å². The Morgan fingerprint density at radius 1 is 0.412 bits per heavy atom. The Bertz CT molecular complexity index is 1050. The fraction of sp³-hybridized carbons (Fsp3) is 0.250. The third kappa shape index (κ3) is 5.93. The second-order valence-corrected chi connectivity index (χ2v) is 10.2. The van der Waals surface area contributed by atoms with E-state index in [1.165, 1.54) is 39.0 Å². The molecule has 3 rings (SSSR count). The van der Waals surface area contributed by atoms with E-state index in [0.29, 0.717) is 0 Å². The summed E-state index contributed by atoms with van der Waals surface area (Å²) in [5.74, 6) is 0. The first kappa shape index (κ1) is 26.1. The van der Waals surface area contributed by atoms with Gasteiger partial charge in [-0.15, -0.1) is 0 Å². The molecule has 0 heterocycles. The first-order chi connectivity index (χ1) is 15.4. The molecule has 0 bridgehead atoms. The largest absolute Gasteiger partial charge is 0.416 e. The second kappa shape index (κ2) is 8.91. The summed E-state index contributed by atoms with van der Waals surface area (Å²) in [6.45, 7) is 4.17. The molecule has 0 aromatic heterocycles. The number of benzene rings is 3. The predicted octanol–water partition coefficient (Wildman–Crippen LogP) is 7.43. The van der Waals surface area contributed by atoms with Gasteiger partial charge in [0.05, 0.1) is 16.7 Å². The monoisotopic (exact) mass is 508 g/mol. The van der Waals surface area contributed by atoms with Crippen LogP contribution in [0.2, 0.25) is 0 Å². The van der Waals surface area contributed by atoms with Crippen LogP contribution in [0, 0.1) is 20.8 Å². The maximum absolute atomic E-state index is 13.5. The number of halogens is 9. The molecule has 0 radical (unpaired) electrons. The van der Waals surface area contributed by atoms with Crippen LogP contribution in [0.15, 0.2) is 54.6 Å². The summed E-state index contributed by atoms with van der Waals surface area (Å²) in [7, 11) is -2.18. The number of hydrogen-bond acceptors (Lipinski definition) is 0. The SMILES string of the molecule is Cc1cc(P(c2cc(C)cc(C(F)(F)F)c2)c2cc(C)cc(C(F)(F)F)c2)cc(C(F)(F)F)c1. The van der Waals surface area contributed by atoms with Gasteiger partial charge in [-0.2, -0.15) is 39.5 Å². The van der Waals surface area contributed by atoms with E-state index in [1.807, 2.05) is 0 Å². The Morgan fingerprint density at radius 2 is 0.647 bits per heavy atom. The molecular formula is C24H18F9P. The van der Waals surface area contributed by atoms with Crippen molar-refractivity contribution in [3.8, 4) is 0 Å². The summed E-state index contributed by atoms with van der Waals surface area (Å²) in [5, 5.41) is -0.000628. The molecule has 182 valence electrons. The van der Waals surface area contributed by atoms with E-state index in [4.69, 9.17) is 0 Å². The van der Waals surface area contributed by atoms with Crippen molar-refractivity contribution in [3.05, 3.63) is 88.0 Å². The molecule has 0 N–H and O–H groups in total. The van der Waals surface area contributed by atoms with Crippen LogP contribution >= 0.6 is 7.92 Å². The first-order valence-electron chi connectivity index (χ1n) is 9.82. The zero-order valence-corrected chi connectivity index (χ0v) is 18.9. The van der Waals surface area contributed by atoms with Crippen LogP contribution in [0.5, 0.6) is 0 Å². The fourth-order valence-electron chi connectivity index (χ4n) is 3.61. The van der Waals surface area contributed by atoms with Gasteiger partial charge in [-0.3, -0.25) is 0 Å². The molecule has 0 aliphatic heterocycles. The molecule has 0 saturated heterocycles. The van der Waals surface area contributed by atoms with E-state index >= 15 is 0 Å². The van der Waals surface area contributed by atoms with Crippen LogP contribution in [0.1, 0.15) is 33.4 Å². The van der Waals surface area contributed by atoms with Crippen molar-refractivity contribution in [1.29, 1.82) is 0 Å². The zero-order chi connectivity index (χ0) is 25.6. The van der Waals surface area contributed by atoms with Crippen molar-refractivity contribution in [2.75, 3.05) is 0 Å². The van der Waals surface area contributed by atoms with Crippen molar-refractivity contribution in [2.24, 2.45) is 0 Å². The third-order valence-corrected chi connectivity index (χ3v) is 7.27. The van der Waals surface area contributed by atoms with Gasteiger partial charge in [0, 0.05) is 0 Å². The minimum absolute atomic E-state index is 0.000209. The van der Waals surface area contributed by atoms with Gasteiger partial charge in [-0.1, -0.05) is 18.2 Å². The van der Waals surface area contributed by atoms with Crippen molar-refractivity contribution in [3.63, 3.8) is 0 Å². The quantitative estimate of drug-likeness (QED) is 0.255. The Labute approximate surface area is 191 Å². The number of rotatable bonds is 3. The van der Waals surface area contributed by atoms with E-state index in [1.54, 1.807) is 0 Å². The Balaban J connectivity index is 2.37. The van der Waals surface area contributed by atoms with E-state index in [-0.39, 0.29) is 32.6 Å². The lowest BCUT2D eigenvalue weighted by molar-refractivity contribution is -0.138. The van der Waals surface area contributed by atoms with Gasteiger partial charge < -0.3 is 0 Å². The maximum atomic E-state index is 13.5. The highest BCUT2D eigenvalue weighted by Gasteiger charge is 2.35. The van der Waals surface area contributed by atoms with E-state index in [0.717, 1.165) is 36.4 Å². The molecule has 0 saturated carbocycles. The van der Waals surface area contributed by atoms with Gasteiger partial charge in [-0.05, 0) is 97.7 Å². The molecule has 3 aromatic rings. The highest BCUT2D eigenvalue weighted by molar-refractivity contribution is 7.79. The van der Waals surface area contributed by atoms with Gasteiger partial charge in [0.25, 0.3) is 0 Å². The smallest absolute Gasteiger partial charge is 0.166 e. The minimum atomic E-state index is -4.74. The first-order valence-corrected chi connectivity index (χ1v) is 11.2. The Morgan fingerprint density at radius 3 is 0.853 bits per heavy atom. The van der Waals surface area contributed by atoms with Crippen molar-refractivity contribution < 1.29 is 39.5 Å². The molecule has 0 fully saturated rings. The summed E-state index contributed by atoms with van der Waals surface area (Å²) in [5.41, 5.74) is -2.52. The standard InChI is InChI=1S/C24H18F9P/c1-13-4-16(22(25,26)27)10-19(7-13)34(20-8-14(2)5-17(11-20)23(28,29)30)21-9-15(3)6-18(12-21)24(31,32)33/h4-12H,1-3H3. The molecule has 34 heavy (non-hydrogen) atoms. The molecule has 0 spiro atoms. The van der Waals surface area contributed by atoms with Crippen LogP contribution in [0.4, 0.5) is 39.5 Å². The third-order valence-electron chi connectivity index (χ3n) is 4.94. The highest BCUT2D eigenvalue weighted by atomic mass is 31.1. The molecule has 10 heteroatoms. The minimum Gasteiger partial charge on any atom is -0.166 e. The van der Waals surface area contributed by atoms with Gasteiger partial charge in [-0.25, -0.2) is 0 Å². The highest BCUT2D eigenvalue weighted by Crippen LogP contribution is 2.40. The summed E-state index contributed by atoms with van der Waals surface area (Å²) in [4.78, 5) is 0. The van der Waals surface area contributed by atoms with E-state index < -0.39 is 43.1 Å². The van der Waals surface area contributed by atoms with Gasteiger partial charge >= 0.3 is 18.5 Å². The van der Waals surface area contributed by atoms with Crippen LogP contribution in [-0.4, -0.2) is 0 Å². The van der Waals surface area contributed by atoms with Gasteiger partial charge in [0.2, 0.25) is 0 Å². The van der Waals surface area contributed by atoms with E-state index in [2.05, 4.69) is 0 Å². The van der Waals surface area contributed by atoms with Crippen LogP contribution in [-0.2, 0) is 18.5 Å². The van der Waals surface area contributed by atoms with Gasteiger partial charge in [0.15, 0.2) is 0 Å². The molecule has 0 nitrogen and oxygen atoms in total. The number of aryl methyl sites for hydroxylation is 3. The average molecular weight is 508 g/mol. The summed E-state index contributed by atoms with van der Waals surface area (Å²) in [6.07, 6.45) is -14.2. The normalized spacial score (nSPS) is 13.0. The lowest BCUT2D eigenvalue weighted by Gasteiger charge is -2.24. The lowest BCUT2D eigenvalue weighted by Crippen LogP contribution is -2.25. The molecule has 3 aromatic carbocycles. The molecule has 0 aliphatic carbocycles. The van der Waals surface area contributed by atoms with Crippen LogP contribution < -0.4 is 15.9 Å². The van der Waals surface area contributed by atoms with Crippen molar-refractivity contribution in [1.82, 2.24) is 0 Å². The Hall–Kier alpha value is -2.54. The molecular weight excluding hydrogens is 490 g/mol. The van der Waals surface area contributed by atoms with Crippen molar-refractivity contribution >= 4 is 23.8 Å². The van der Waals surface area contributed by atoms with E-state index in [9.17, 15) is 39.5 Å². The maximum Gasteiger partial charge on any atom is 0.416 e. The molecule has 0 unspecified atom stereocenters. The fourth-order valence-corrected chi connectivity index (χ4v) is 6.31. The summed E-state index contributed by atoms with van der Waals surface area (Å²) in [6, 6.07) is 9.13. The molecule has 0 amide bonds. The molecule has 0 atom stereocenters. The Kier molecular flexibility index (Phi) is 6.83. The number of alkyl halides is 9. The van der Waals surface area contributed by atoms with Crippen molar-refractivity contribution in [2.45, 2.75) is 39.3 Å². The summed E-state index contributed by atoms with van der Waals surface area (Å²) < 4.78 is 121. The van der Waals surface area contributed by atoms with Gasteiger partial charge in [0.1, 0.15) is 0 Å². The average Bonchev–Trinajstić information content (AvgIpc) is 2.65. The topological polar surface area (TPSA) is 0 Å². The second-order valence-electron chi connectivity index (χ2n) is 8.00. The number of hydrogen-bond donors (Lipinski definition) is 0. The molecule has 0 aliphatic rings. The predicted molar refractivity (Wildman–Crippen MR) is 114 cm³/mol. The zero-order valence-electron chi connectivity index (χ0n) is 18.0.